The largest absolute Gasteiger partial charge is 0.472 e. The maximum Gasteiger partial charge on any atom is 0.472 e. The number of phosphoric acid groups is 2. The molecule has 0 spiro atoms. The monoisotopic (exact) mass is 1110 g/mol. The lowest BCUT2D eigenvalue weighted by atomic mass is 10.0. The second-order valence-corrected chi connectivity index (χ2v) is 24.2. The summed E-state index contributed by atoms with van der Waals surface area (Å²) in [6.07, 6.45) is 28.4. The van der Waals surface area contributed by atoms with Crippen LogP contribution in [0.4, 0.5) is 0 Å². The minimum atomic E-state index is -4.93. The van der Waals surface area contributed by atoms with E-state index in [0.717, 1.165) is 109 Å². The number of aliphatic hydroxyl groups excluding tert-OH is 1. The summed E-state index contributed by atoms with van der Waals surface area (Å²) < 4.78 is 67.5. The van der Waals surface area contributed by atoms with Crippen molar-refractivity contribution in [3.8, 4) is 0 Å². The van der Waals surface area contributed by atoms with Crippen molar-refractivity contribution in [2.75, 3.05) is 39.6 Å². The molecule has 0 aromatic rings. The van der Waals surface area contributed by atoms with Gasteiger partial charge in [0, 0.05) is 25.7 Å². The third-order valence-electron chi connectivity index (χ3n) is 12.7. The van der Waals surface area contributed by atoms with Crippen LogP contribution in [0, 0.1) is 11.8 Å². The Balaban J connectivity index is 5.22. The van der Waals surface area contributed by atoms with Gasteiger partial charge in [-0.1, -0.05) is 215 Å². The molecule has 0 aliphatic heterocycles. The molecular formula is C56H108O17P2. The summed E-state index contributed by atoms with van der Waals surface area (Å²) in [6.45, 7) is 9.20. The highest BCUT2D eigenvalue weighted by Crippen LogP contribution is 2.45. The van der Waals surface area contributed by atoms with Crippen LogP contribution < -0.4 is 0 Å². The van der Waals surface area contributed by atoms with Gasteiger partial charge in [-0.05, 0) is 37.5 Å². The van der Waals surface area contributed by atoms with Crippen LogP contribution in [0.2, 0.25) is 0 Å². The van der Waals surface area contributed by atoms with Gasteiger partial charge in [-0.3, -0.25) is 37.3 Å². The topological polar surface area (TPSA) is 237 Å². The summed E-state index contributed by atoms with van der Waals surface area (Å²) in [5.74, 6) is -0.806. The number of unbranched alkanes of at least 4 members (excludes halogenated alkanes) is 25. The van der Waals surface area contributed by atoms with Crippen LogP contribution in [0.25, 0.3) is 0 Å². The molecule has 0 rings (SSSR count). The van der Waals surface area contributed by atoms with E-state index in [4.69, 9.17) is 37.0 Å². The normalized spacial score (nSPS) is 14.5. The van der Waals surface area contributed by atoms with Crippen molar-refractivity contribution >= 4 is 39.5 Å². The molecule has 0 aliphatic carbocycles. The number of hydrogen-bond donors (Lipinski definition) is 3. The Morgan fingerprint density at radius 2 is 0.613 bits per heavy atom. The van der Waals surface area contributed by atoms with Crippen LogP contribution in [-0.4, -0.2) is 96.7 Å². The summed E-state index contributed by atoms with van der Waals surface area (Å²) >= 11 is 0. The first-order chi connectivity index (χ1) is 35.9. The molecule has 19 heteroatoms. The van der Waals surface area contributed by atoms with Crippen molar-refractivity contribution in [3.05, 3.63) is 0 Å². The molecule has 0 bridgehead atoms. The van der Waals surface area contributed by atoms with E-state index in [1.165, 1.54) is 64.2 Å². The number of rotatable bonds is 55. The zero-order valence-corrected chi connectivity index (χ0v) is 49.6. The van der Waals surface area contributed by atoms with E-state index in [1.54, 1.807) is 0 Å². The van der Waals surface area contributed by atoms with Gasteiger partial charge < -0.3 is 33.8 Å². The van der Waals surface area contributed by atoms with Gasteiger partial charge in [0.1, 0.15) is 19.3 Å². The molecule has 0 radical (unpaired) electrons. The zero-order valence-electron chi connectivity index (χ0n) is 47.8. The highest BCUT2D eigenvalue weighted by Gasteiger charge is 2.30. The summed E-state index contributed by atoms with van der Waals surface area (Å²) in [7, 11) is -9.86. The van der Waals surface area contributed by atoms with Gasteiger partial charge in [0.2, 0.25) is 0 Å². The Kier molecular flexibility index (Phi) is 47.9. The van der Waals surface area contributed by atoms with Gasteiger partial charge in [-0.15, -0.1) is 0 Å². The number of carbonyl (C=O) groups is 4. The first kappa shape index (κ1) is 73.1. The van der Waals surface area contributed by atoms with Crippen LogP contribution in [0.1, 0.15) is 266 Å². The van der Waals surface area contributed by atoms with E-state index in [0.29, 0.717) is 37.5 Å². The molecule has 0 saturated carbocycles. The first-order valence-electron chi connectivity index (χ1n) is 29.5. The smallest absolute Gasteiger partial charge is 0.462 e. The highest BCUT2D eigenvalue weighted by atomic mass is 31.2. The predicted octanol–water partition coefficient (Wildman–Crippen LogP) is 14.5. The van der Waals surface area contributed by atoms with Crippen molar-refractivity contribution in [2.24, 2.45) is 11.8 Å². The molecule has 444 valence electrons. The second-order valence-electron chi connectivity index (χ2n) is 21.3. The van der Waals surface area contributed by atoms with E-state index >= 15 is 0 Å². The quantitative estimate of drug-likeness (QED) is 0.0222. The molecule has 0 aromatic heterocycles. The maximum absolute atomic E-state index is 12.9. The number of hydrogen-bond acceptors (Lipinski definition) is 15. The van der Waals surface area contributed by atoms with Gasteiger partial charge in [0.05, 0.1) is 26.4 Å². The zero-order chi connectivity index (χ0) is 55.8. The van der Waals surface area contributed by atoms with Crippen molar-refractivity contribution < 1.29 is 80.2 Å². The van der Waals surface area contributed by atoms with Crippen LogP contribution in [0.15, 0.2) is 0 Å². The first-order valence-corrected chi connectivity index (χ1v) is 32.5. The van der Waals surface area contributed by atoms with Crippen LogP contribution in [0.5, 0.6) is 0 Å². The molecule has 0 heterocycles. The Morgan fingerprint density at radius 1 is 0.360 bits per heavy atom. The van der Waals surface area contributed by atoms with E-state index in [1.807, 2.05) is 0 Å². The fourth-order valence-electron chi connectivity index (χ4n) is 8.12. The minimum absolute atomic E-state index is 0.101. The summed E-state index contributed by atoms with van der Waals surface area (Å²) in [4.78, 5) is 71.6. The lowest BCUT2D eigenvalue weighted by molar-refractivity contribution is -0.161. The number of phosphoric ester groups is 2. The average molecular weight is 1120 g/mol. The van der Waals surface area contributed by atoms with Crippen molar-refractivity contribution in [3.63, 3.8) is 0 Å². The fourth-order valence-corrected chi connectivity index (χ4v) is 9.70. The van der Waals surface area contributed by atoms with Gasteiger partial charge in [0.15, 0.2) is 12.2 Å². The SMILES string of the molecule is CCCCCCCCCCCCC(=O)O[C@H](COC(=O)CCCCCCCCC(C)C)COP(=O)(O)OC[C@@H](O)COP(=O)(O)OC[C@@H](COC(=O)CCCCCCCCC)OC(=O)CCCCCCCCC(C)C. The molecule has 3 N–H and O–H groups in total. The molecule has 0 aromatic carbocycles. The number of carbonyl (C=O) groups excluding carboxylic acids is 4. The molecule has 0 aliphatic rings. The minimum Gasteiger partial charge on any atom is -0.462 e. The molecule has 5 atom stereocenters. The van der Waals surface area contributed by atoms with E-state index < -0.39 is 97.5 Å². The lowest BCUT2D eigenvalue weighted by Crippen LogP contribution is -2.30. The molecule has 0 amide bonds. The molecule has 2 unspecified atom stereocenters. The van der Waals surface area contributed by atoms with Crippen molar-refractivity contribution in [2.45, 2.75) is 285 Å². The van der Waals surface area contributed by atoms with E-state index in [2.05, 4.69) is 41.5 Å². The second kappa shape index (κ2) is 49.1. The molecular weight excluding hydrogens is 1010 g/mol. The van der Waals surface area contributed by atoms with Gasteiger partial charge in [-0.25, -0.2) is 9.13 Å². The van der Waals surface area contributed by atoms with Crippen LogP contribution in [-0.2, 0) is 65.4 Å². The maximum atomic E-state index is 12.9. The average Bonchev–Trinajstić information content (AvgIpc) is 3.36. The Labute approximate surface area is 454 Å². The van der Waals surface area contributed by atoms with Gasteiger partial charge in [0.25, 0.3) is 0 Å². The Hall–Kier alpha value is -1.94. The van der Waals surface area contributed by atoms with Gasteiger partial charge in [-0.2, -0.15) is 0 Å². The number of esters is 4. The van der Waals surface area contributed by atoms with Crippen molar-refractivity contribution in [1.29, 1.82) is 0 Å². The molecule has 0 fully saturated rings. The predicted molar refractivity (Wildman–Crippen MR) is 294 cm³/mol. The summed E-state index contributed by atoms with van der Waals surface area (Å²) in [6, 6.07) is 0. The molecule has 75 heavy (non-hydrogen) atoms. The van der Waals surface area contributed by atoms with Gasteiger partial charge >= 0.3 is 39.5 Å². The molecule has 17 nitrogen and oxygen atoms in total. The fraction of sp³-hybridized carbons (Fsp3) is 0.929. The van der Waals surface area contributed by atoms with Crippen LogP contribution in [0.3, 0.4) is 0 Å². The molecule has 0 saturated heterocycles. The highest BCUT2D eigenvalue weighted by molar-refractivity contribution is 7.47. The van der Waals surface area contributed by atoms with Crippen LogP contribution >= 0.6 is 15.6 Å². The van der Waals surface area contributed by atoms with Crippen molar-refractivity contribution in [1.82, 2.24) is 0 Å². The number of ether oxygens (including phenoxy) is 4. The summed E-state index contributed by atoms with van der Waals surface area (Å²) in [5, 5.41) is 10.5. The van der Waals surface area contributed by atoms with E-state index in [9.17, 15) is 43.2 Å². The standard InChI is InChI=1S/C56H108O17P2/c1-7-9-11-13-15-16-17-19-28-34-40-55(60)72-51(45-67-54(59)39-33-27-22-20-24-30-36-48(3)4)46-70-74(62,63)68-42-50(57)43-69-75(64,65)71-47-52(44-66-53(58)38-32-26-18-14-12-10-8-2)73-56(61)41-35-29-23-21-25-31-37-49(5)6/h48-52,57H,7-47H2,1-6H3,(H,62,63)(H,64,65)/t50-,51-,52-/m1/s1. The third-order valence-corrected chi connectivity index (χ3v) is 14.6. The Morgan fingerprint density at radius 3 is 0.907 bits per heavy atom. The third kappa shape index (κ3) is 51.3. The lowest BCUT2D eigenvalue weighted by Gasteiger charge is -2.21. The van der Waals surface area contributed by atoms with E-state index in [-0.39, 0.29) is 25.7 Å². The Bertz CT molecular complexity index is 1500. The summed E-state index contributed by atoms with van der Waals surface area (Å²) in [5.41, 5.74) is 0. The number of aliphatic hydroxyl groups is 1.